The number of alkyl carbamates (subject to hydrolysis) is 1. The van der Waals surface area contributed by atoms with Gasteiger partial charge in [-0.3, -0.25) is 14.4 Å². The van der Waals surface area contributed by atoms with Crippen molar-refractivity contribution < 1.29 is 29.0 Å². The van der Waals surface area contributed by atoms with Gasteiger partial charge < -0.3 is 25.8 Å². The molecule has 1 atom stereocenters. The van der Waals surface area contributed by atoms with E-state index in [4.69, 9.17) is 9.84 Å². The minimum absolute atomic E-state index is 0.0700. The second kappa shape index (κ2) is 11.8. The normalized spacial score (nSPS) is 12.7. The maximum absolute atomic E-state index is 12.5. The van der Waals surface area contributed by atoms with Crippen LogP contribution in [0, 0.1) is 0 Å². The first-order chi connectivity index (χ1) is 16.4. The third-order valence-electron chi connectivity index (χ3n) is 5.62. The molecule has 0 bridgehead atoms. The molecule has 180 valence electrons. The van der Waals surface area contributed by atoms with E-state index in [9.17, 15) is 19.2 Å². The van der Waals surface area contributed by atoms with Gasteiger partial charge in [0.2, 0.25) is 11.8 Å². The van der Waals surface area contributed by atoms with E-state index >= 15 is 0 Å². The highest BCUT2D eigenvalue weighted by Gasteiger charge is 2.30. The molecule has 0 aliphatic heterocycles. The van der Waals surface area contributed by atoms with Crippen molar-refractivity contribution in [2.45, 2.75) is 38.1 Å². The summed E-state index contributed by atoms with van der Waals surface area (Å²) in [7, 11) is 0. The number of hydrogen-bond donors (Lipinski definition) is 4. The molecule has 0 fully saturated rings. The van der Waals surface area contributed by atoms with Crippen LogP contribution >= 0.6 is 0 Å². The lowest BCUT2D eigenvalue weighted by Gasteiger charge is -2.19. The molecule has 9 nitrogen and oxygen atoms in total. The summed E-state index contributed by atoms with van der Waals surface area (Å²) >= 11 is 0. The lowest BCUT2D eigenvalue weighted by molar-refractivity contribution is -0.137. The Morgan fingerprint density at radius 1 is 0.941 bits per heavy atom. The predicted octanol–water partition coefficient (Wildman–Crippen LogP) is 2.40. The van der Waals surface area contributed by atoms with E-state index in [-0.39, 0.29) is 44.2 Å². The molecular formula is C25H29N3O6. The Balaban J connectivity index is 1.59. The maximum atomic E-state index is 12.5. The summed E-state index contributed by atoms with van der Waals surface area (Å²) in [5, 5.41) is 16.6. The Morgan fingerprint density at radius 2 is 1.56 bits per heavy atom. The van der Waals surface area contributed by atoms with E-state index in [1.165, 1.54) is 0 Å². The number of hydrogen-bond acceptors (Lipinski definition) is 5. The molecule has 1 unspecified atom stereocenters. The van der Waals surface area contributed by atoms with Gasteiger partial charge in [0.05, 0.1) is 0 Å². The summed E-state index contributed by atoms with van der Waals surface area (Å²) < 4.78 is 5.46. The van der Waals surface area contributed by atoms with Crippen molar-refractivity contribution in [3.63, 3.8) is 0 Å². The molecule has 0 heterocycles. The zero-order valence-electron chi connectivity index (χ0n) is 19.0. The SMILES string of the molecule is CCNC(=O)CCNC(=O)C(CCC(=O)O)NC(=O)OCC1c2ccccc2-c2ccccc21. The summed E-state index contributed by atoms with van der Waals surface area (Å²) in [6.45, 7) is 2.42. The fourth-order valence-electron chi connectivity index (χ4n) is 4.03. The van der Waals surface area contributed by atoms with E-state index < -0.39 is 24.0 Å². The van der Waals surface area contributed by atoms with Crippen LogP contribution in [0.5, 0.6) is 0 Å². The topological polar surface area (TPSA) is 134 Å². The van der Waals surface area contributed by atoms with Crippen molar-refractivity contribution in [2.75, 3.05) is 19.7 Å². The molecule has 0 radical (unpaired) electrons. The number of carboxylic acid groups (broad SMARTS) is 1. The molecule has 3 rings (SSSR count). The number of nitrogens with one attached hydrogen (secondary N) is 3. The number of carboxylic acids is 1. The number of rotatable bonds is 11. The lowest BCUT2D eigenvalue weighted by Crippen LogP contribution is -2.48. The van der Waals surface area contributed by atoms with Crippen molar-refractivity contribution >= 4 is 23.9 Å². The van der Waals surface area contributed by atoms with E-state index in [0.29, 0.717) is 6.54 Å². The first-order valence-electron chi connectivity index (χ1n) is 11.3. The monoisotopic (exact) mass is 467 g/mol. The van der Waals surface area contributed by atoms with Gasteiger partial charge in [-0.05, 0) is 35.6 Å². The van der Waals surface area contributed by atoms with E-state index in [1.807, 2.05) is 48.5 Å². The zero-order chi connectivity index (χ0) is 24.5. The number of fused-ring (bicyclic) bond motifs is 3. The van der Waals surface area contributed by atoms with Gasteiger partial charge in [0.25, 0.3) is 0 Å². The third-order valence-corrected chi connectivity index (χ3v) is 5.62. The van der Waals surface area contributed by atoms with E-state index in [1.54, 1.807) is 6.92 Å². The van der Waals surface area contributed by atoms with Crippen LogP contribution in [-0.2, 0) is 19.1 Å². The molecule has 0 saturated carbocycles. The summed E-state index contributed by atoms with van der Waals surface area (Å²) in [6.07, 6.45) is -1.14. The van der Waals surface area contributed by atoms with Crippen LogP contribution in [0.15, 0.2) is 48.5 Å². The zero-order valence-corrected chi connectivity index (χ0v) is 19.0. The average Bonchev–Trinajstić information content (AvgIpc) is 3.14. The van der Waals surface area contributed by atoms with Gasteiger partial charge in [-0.2, -0.15) is 0 Å². The Kier molecular flexibility index (Phi) is 8.61. The minimum Gasteiger partial charge on any atom is -0.481 e. The quantitative estimate of drug-likeness (QED) is 0.401. The molecule has 0 aromatic heterocycles. The van der Waals surface area contributed by atoms with Crippen molar-refractivity contribution in [1.29, 1.82) is 0 Å². The van der Waals surface area contributed by atoms with Gasteiger partial charge >= 0.3 is 12.1 Å². The average molecular weight is 468 g/mol. The van der Waals surface area contributed by atoms with Gasteiger partial charge in [-0.1, -0.05) is 48.5 Å². The molecule has 2 aromatic carbocycles. The van der Waals surface area contributed by atoms with Crippen LogP contribution in [0.2, 0.25) is 0 Å². The molecule has 1 aliphatic rings. The molecule has 1 aliphatic carbocycles. The highest BCUT2D eigenvalue weighted by atomic mass is 16.5. The van der Waals surface area contributed by atoms with Crippen molar-refractivity contribution in [2.24, 2.45) is 0 Å². The Morgan fingerprint density at radius 3 is 2.15 bits per heavy atom. The summed E-state index contributed by atoms with van der Waals surface area (Å²) in [4.78, 5) is 47.6. The van der Waals surface area contributed by atoms with Crippen LogP contribution in [0.3, 0.4) is 0 Å². The smallest absolute Gasteiger partial charge is 0.407 e. The van der Waals surface area contributed by atoms with Crippen molar-refractivity contribution in [1.82, 2.24) is 16.0 Å². The highest BCUT2D eigenvalue weighted by Crippen LogP contribution is 2.44. The maximum Gasteiger partial charge on any atom is 0.407 e. The Hall–Kier alpha value is -3.88. The second-order valence-corrected chi connectivity index (χ2v) is 7.95. The molecule has 4 N–H and O–H groups in total. The van der Waals surface area contributed by atoms with Crippen molar-refractivity contribution in [3.05, 3.63) is 59.7 Å². The molecule has 34 heavy (non-hydrogen) atoms. The Labute approximate surface area is 197 Å². The van der Waals surface area contributed by atoms with E-state index in [0.717, 1.165) is 22.3 Å². The molecule has 0 spiro atoms. The molecule has 3 amide bonds. The molecular weight excluding hydrogens is 438 g/mol. The number of aliphatic carboxylic acids is 1. The predicted molar refractivity (Wildman–Crippen MR) is 125 cm³/mol. The van der Waals surface area contributed by atoms with Gasteiger partial charge in [0, 0.05) is 31.8 Å². The number of carbonyl (C=O) groups is 4. The highest BCUT2D eigenvalue weighted by molar-refractivity contribution is 5.86. The summed E-state index contributed by atoms with van der Waals surface area (Å²) in [6, 6.07) is 14.8. The number of benzene rings is 2. The number of ether oxygens (including phenoxy) is 1. The molecule has 9 heteroatoms. The van der Waals surface area contributed by atoms with Gasteiger partial charge in [-0.25, -0.2) is 4.79 Å². The van der Waals surface area contributed by atoms with Crippen LogP contribution in [0.25, 0.3) is 11.1 Å². The first-order valence-corrected chi connectivity index (χ1v) is 11.3. The summed E-state index contributed by atoms with van der Waals surface area (Å²) in [5.41, 5.74) is 4.31. The molecule has 0 saturated heterocycles. The lowest BCUT2D eigenvalue weighted by atomic mass is 9.98. The standard InChI is InChI=1S/C25H29N3O6/c1-2-26-22(29)13-14-27-24(32)21(11-12-23(30)31)28-25(33)34-15-20-18-9-5-3-7-16(18)17-8-4-6-10-19(17)20/h3-10,20-21H,2,11-15H2,1H3,(H,26,29)(H,27,32)(H,28,33)(H,30,31). The second-order valence-electron chi connectivity index (χ2n) is 7.95. The fourth-order valence-corrected chi connectivity index (χ4v) is 4.03. The van der Waals surface area contributed by atoms with Crippen LogP contribution in [0.1, 0.15) is 43.2 Å². The number of carbonyl (C=O) groups excluding carboxylic acids is 3. The van der Waals surface area contributed by atoms with Crippen LogP contribution < -0.4 is 16.0 Å². The first kappa shape index (κ1) is 24.8. The number of amides is 3. The Bertz CT molecular complexity index is 1010. The van der Waals surface area contributed by atoms with E-state index in [2.05, 4.69) is 16.0 Å². The van der Waals surface area contributed by atoms with Crippen LogP contribution in [-0.4, -0.2) is 54.7 Å². The fraction of sp³-hybridized carbons (Fsp3) is 0.360. The van der Waals surface area contributed by atoms with Gasteiger partial charge in [-0.15, -0.1) is 0 Å². The minimum atomic E-state index is -1.10. The summed E-state index contributed by atoms with van der Waals surface area (Å²) in [5.74, 6) is -2.01. The molecule has 2 aromatic rings. The third kappa shape index (κ3) is 6.34. The van der Waals surface area contributed by atoms with Gasteiger partial charge in [0.1, 0.15) is 12.6 Å². The van der Waals surface area contributed by atoms with Gasteiger partial charge in [0.15, 0.2) is 0 Å². The van der Waals surface area contributed by atoms with Crippen LogP contribution in [0.4, 0.5) is 4.79 Å². The van der Waals surface area contributed by atoms with Crippen molar-refractivity contribution in [3.8, 4) is 11.1 Å². The largest absolute Gasteiger partial charge is 0.481 e.